The summed E-state index contributed by atoms with van der Waals surface area (Å²) in [4.78, 5) is 24.8. The summed E-state index contributed by atoms with van der Waals surface area (Å²) in [6, 6.07) is 2.17. The normalized spacial score (nSPS) is 40.3. The van der Waals surface area contributed by atoms with Gasteiger partial charge in [0.1, 0.15) is 12.2 Å². The van der Waals surface area contributed by atoms with Crippen molar-refractivity contribution in [2.24, 2.45) is 28.6 Å². The van der Waals surface area contributed by atoms with E-state index in [9.17, 15) is 14.9 Å². The smallest absolute Gasteiger partial charge is 0.327 e. The molecule has 23 heavy (non-hydrogen) atoms. The fourth-order valence-electron chi connectivity index (χ4n) is 4.38. The number of carbonyl (C=O) groups excluding carboxylic acids is 2. The summed E-state index contributed by atoms with van der Waals surface area (Å²) < 4.78 is 11.2. The Morgan fingerprint density at radius 2 is 2.26 bits per heavy atom. The standard InChI is InChI=1S/C18H23NO4/c1-5-6-17(4,10(2)3)15(20)22-13-11-7-12-14(13)23-16(21)18(12,8-11)9-19/h5-6,10-14H,7-8H2,1-4H3/b6-5-/t11-,12?,13?,14?,17?,18?/m0/s1. The first-order valence-electron chi connectivity index (χ1n) is 8.27. The molecule has 0 aromatic carbocycles. The summed E-state index contributed by atoms with van der Waals surface area (Å²) in [5.41, 5.74) is -1.70. The summed E-state index contributed by atoms with van der Waals surface area (Å²) >= 11 is 0. The van der Waals surface area contributed by atoms with Gasteiger partial charge in [-0.2, -0.15) is 5.26 Å². The topological polar surface area (TPSA) is 76.4 Å². The molecule has 5 nitrogen and oxygen atoms in total. The molecule has 3 rings (SSSR count). The van der Waals surface area contributed by atoms with Gasteiger partial charge in [-0.1, -0.05) is 26.0 Å². The number of nitrogens with zero attached hydrogens (tertiary/aromatic N) is 1. The van der Waals surface area contributed by atoms with Gasteiger partial charge in [0.05, 0.1) is 11.5 Å². The van der Waals surface area contributed by atoms with E-state index in [2.05, 4.69) is 6.07 Å². The molecule has 2 bridgehead atoms. The van der Waals surface area contributed by atoms with Crippen LogP contribution in [0.2, 0.25) is 0 Å². The van der Waals surface area contributed by atoms with Gasteiger partial charge in [-0.15, -0.1) is 0 Å². The predicted octanol–water partition coefficient (Wildman–Crippen LogP) is 2.61. The van der Waals surface area contributed by atoms with Crippen molar-refractivity contribution in [3.63, 3.8) is 0 Å². The van der Waals surface area contributed by atoms with Crippen molar-refractivity contribution in [1.29, 1.82) is 5.26 Å². The van der Waals surface area contributed by atoms with Crippen LogP contribution in [0.3, 0.4) is 0 Å². The zero-order valence-corrected chi connectivity index (χ0v) is 14.0. The van der Waals surface area contributed by atoms with E-state index in [1.54, 1.807) is 0 Å². The van der Waals surface area contributed by atoms with Gasteiger partial charge in [0, 0.05) is 11.8 Å². The Morgan fingerprint density at radius 1 is 1.57 bits per heavy atom. The molecular weight excluding hydrogens is 294 g/mol. The zero-order chi connectivity index (χ0) is 17.0. The summed E-state index contributed by atoms with van der Waals surface area (Å²) in [5.74, 6) is -0.712. The van der Waals surface area contributed by atoms with Gasteiger partial charge in [-0.25, -0.2) is 0 Å². The first-order chi connectivity index (χ1) is 10.8. The average molecular weight is 317 g/mol. The van der Waals surface area contributed by atoms with Crippen molar-refractivity contribution < 1.29 is 19.1 Å². The van der Waals surface area contributed by atoms with E-state index in [0.717, 1.165) is 6.42 Å². The third-order valence-corrected chi connectivity index (χ3v) is 6.16. The molecule has 124 valence electrons. The van der Waals surface area contributed by atoms with E-state index in [1.807, 2.05) is 39.8 Å². The van der Waals surface area contributed by atoms with Gasteiger partial charge >= 0.3 is 11.9 Å². The minimum absolute atomic E-state index is 0.0436. The Morgan fingerprint density at radius 3 is 2.83 bits per heavy atom. The number of esters is 2. The second-order valence-electron chi connectivity index (χ2n) is 7.57. The SMILES string of the molecule is C/C=C\C(C)(C(=O)OC1C2OC(=O)C3(C#N)C[C@@H]1CC23)C(C)C. The second kappa shape index (κ2) is 5.09. The van der Waals surface area contributed by atoms with Crippen LogP contribution in [0.25, 0.3) is 0 Å². The lowest BCUT2D eigenvalue weighted by Gasteiger charge is -2.33. The molecule has 0 N–H and O–H groups in total. The first kappa shape index (κ1) is 16.0. The fourth-order valence-corrected chi connectivity index (χ4v) is 4.38. The van der Waals surface area contributed by atoms with E-state index >= 15 is 0 Å². The highest BCUT2D eigenvalue weighted by atomic mass is 16.6. The molecule has 5 heteroatoms. The third kappa shape index (κ3) is 1.97. The van der Waals surface area contributed by atoms with E-state index in [0.29, 0.717) is 6.42 Å². The minimum Gasteiger partial charge on any atom is -0.457 e. The zero-order valence-electron chi connectivity index (χ0n) is 14.0. The van der Waals surface area contributed by atoms with Crippen molar-refractivity contribution in [1.82, 2.24) is 0 Å². The predicted molar refractivity (Wildman–Crippen MR) is 81.8 cm³/mol. The number of hydrogen-bond acceptors (Lipinski definition) is 5. The Bertz CT molecular complexity index is 619. The number of rotatable bonds is 4. The summed E-state index contributed by atoms with van der Waals surface area (Å²) in [5, 5.41) is 9.41. The lowest BCUT2D eigenvalue weighted by Crippen LogP contribution is -2.43. The van der Waals surface area contributed by atoms with E-state index in [4.69, 9.17) is 9.47 Å². The van der Waals surface area contributed by atoms with Crippen molar-refractivity contribution in [3.05, 3.63) is 12.2 Å². The number of fused-ring (bicyclic) bond motifs is 1. The molecule has 3 fully saturated rings. The maximum atomic E-state index is 12.8. The van der Waals surface area contributed by atoms with Crippen molar-refractivity contribution in [3.8, 4) is 6.07 Å². The fraction of sp³-hybridized carbons (Fsp3) is 0.722. The monoisotopic (exact) mass is 317 g/mol. The molecule has 6 atom stereocenters. The van der Waals surface area contributed by atoms with Crippen LogP contribution in [0, 0.1) is 39.9 Å². The van der Waals surface area contributed by atoms with Gasteiger partial charge < -0.3 is 9.47 Å². The van der Waals surface area contributed by atoms with Crippen LogP contribution in [0.5, 0.6) is 0 Å². The largest absolute Gasteiger partial charge is 0.457 e. The lowest BCUT2D eigenvalue weighted by atomic mass is 9.74. The number of nitriles is 1. The molecular formula is C18H23NO4. The van der Waals surface area contributed by atoms with Crippen molar-refractivity contribution in [2.45, 2.75) is 52.7 Å². The van der Waals surface area contributed by atoms with Gasteiger partial charge in [0.2, 0.25) is 0 Å². The van der Waals surface area contributed by atoms with Crippen LogP contribution in [0.1, 0.15) is 40.5 Å². The van der Waals surface area contributed by atoms with Gasteiger partial charge in [0.25, 0.3) is 0 Å². The first-order valence-corrected chi connectivity index (χ1v) is 8.27. The number of allylic oxidation sites excluding steroid dienone is 1. The average Bonchev–Trinajstić information content (AvgIpc) is 3.09. The molecule has 3 aliphatic rings. The Hall–Kier alpha value is -1.83. The Labute approximate surface area is 136 Å². The van der Waals surface area contributed by atoms with Crippen molar-refractivity contribution >= 4 is 11.9 Å². The second-order valence-corrected chi connectivity index (χ2v) is 7.57. The summed E-state index contributed by atoms with van der Waals surface area (Å²) in [7, 11) is 0. The molecule has 0 aromatic rings. The van der Waals surface area contributed by atoms with Gasteiger partial charge in [0.15, 0.2) is 5.41 Å². The Kier molecular flexibility index (Phi) is 3.55. The number of ether oxygens (including phenoxy) is 2. The highest BCUT2D eigenvalue weighted by Gasteiger charge is 2.72. The molecule has 1 heterocycles. The van der Waals surface area contributed by atoms with Crippen LogP contribution in [0.4, 0.5) is 0 Å². The van der Waals surface area contributed by atoms with Gasteiger partial charge in [-0.3, -0.25) is 9.59 Å². The molecule has 0 radical (unpaired) electrons. The molecule has 0 amide bonds. The molecule has 0 aromatic heterocycles. The maximum Gasteiger partial charge on any atom is 0.327 e. The summed E-state index contributed by atoms with van der Waals surface area (Å²) in [6.07, 6.45) is 4.04. The molecule has 1 aliphatic heterocycles. The molecule has 1 saturated heterocycles. The number of hydrogen-bond donors (Lipinski definition) is 0. The van der Waals surface area contributed by atoms with Crippen LogP contribution >= 0.6 is 0 Å². The minimum atomic E-state index is -0.997. The van der Waals surface area contributed by atoms with Crippen LogP contribution < -0.4 is 0 Å². The van der Waals surface area contributed by atoms with Gasteiger partial charge in [-0.05, 0) is 32.6 Å². The highest BCUT2D eigenvalue weighted by Crippen LogP contribution is 2.62. The van der Waals surface area contributed by atoms with Crippen LogP contribution in [-0.2, 0) is 19.1 Å². The third-order valence-electron chi connectivity index (χ3n) is 6.16. The van der Waals surface area contributed by atoms with E-state index in [-0.39, 0.29) is 23.7 Å². The highest BCUT2D eigenvalue weighted by molar-refractivity contribution is 5.85. The van der Waals surface area contributed by atoms with Crippen LogP contribution in [-0.4, -0.2) is 24.1 Å². The lowest BCUT2D eigenvalue weighted by molar-refractivity contribution is -0.170. The number of carbonyl (C=O) groups is 2. The van der Waals surface area contributed by atoms with Crippen LogP contribution in [0.15, 0.2) is 12.2 Å². The molecule has 2 aliphatic carbocycles. The summed E-state index contributed by atoms with van der Waals surface area (Å²) in [6.45, 7) is 7.72. The van der Waals surface area contributed by atoms with Crippen molar-refractivity contribution in [2.75, 3.05) is 0 Å². The molecule has 5 unspecified atom stereocenters. The van der Waals surface area contributed by atoms with E-state index < -0.39 is 29.0 Å². The quantitative estimate of drug-likeness (QED) is 0.588. The molecule has 0 spiro atoms. The molecule has 2 saturated carbocycles. The van der Waals surface area contributed by atoms with E-state index in [1.165, 1.54) is 0 Å². The maximum absolute atomic E-state index is 12.8. The Balaban J connectivity index is 1.81.